The zero-order valence-corrected chi connectivity index (χ0v) is 10.2. The van der Waals surface area contributed by atoms with Crippen molar-refractivity contribution in [3.63, 3.8) is 0 Å². The number of carbonyl (C=O) groups is 1. The molecule has 1 fully saturated rings. The van der Waals surface area contributed by atoms with E-state index < -0.39 is 0 Å². The van der Waals surface area contributed by atoms with Crippen LogP contribution in [0, 0.1) is 0 Å². The van der Waals surface area contributed by atoms with Gasteiger partial charge < -0.3 is 10.2 Å². The predicted molar refractivity (Wildman–Crippen MR) is 64.2 cm³/mol. The first-order valence-corrected chi connectivity index (χ1v) is 6.05. The summed E-state index contributed by atoms with van der Waals surface area (Å²) in [7, 11) is 0. The van der Waals surface area contributed by atoms with Gasteiger partial charge in [0.05, 0.1) is 6.04 Å². The van der Waals surface area contributed by atoms with E-state index in [9.17, 15) is 4.79 Å². The number of hydrogen-bond acceptors (Lipinski definition) is 3. The van der Waals surface area contributed by atoms with E-state index in [-0.39, 0.29) is 5.91 Å². The van der Waals surface area contributed by atoms with Crippen molar-refractivity contribution in [1.29, 1.82) is 0 Å². The van der Waals surface area contributed by atoms with E-state index in [2.05, 4.69) is 23.2 Å². The second kappa shape index (κ2) is 4.97. The fourth-order valence-corrected chi connectivity index (χ4v) is 2.48. The maximum absolute atomic E-state index is 11.5. The number of piperazine rings is 1. The van der Waals surface area contributed by atoms with Gasteiger partial charge in [-0.1, -0.05) is 11.6 Å². The lowest BCUT2D eigenvalue weighted by atomic mass is 10.1. The summed E-state index contributed by atoms with van der Waals surface area (Å²) in [5, 5.41) is 3.35. The van der Waals surface area contributed by atoms with Gasteiger partial charge in [0.1, 0.15) is 0 Å². The number of rotatable bonds is 2. The van der Waals surface area contributed by atoms with Crippen LogP contribution in [0.2, 0.25) is 0 Å². The van der Waals surface area contributed by atoms with Crippen molar-refractivity contribution in [1.82, 2.24) is 15.1 Å². The highest BCUT2D eigenvalue weighted by molar-refractivity contribution is 5.75. The van der Waals surface area contributed by atoms with E-state index in [1.807, 2.05) is 4.90 Å². The predicted octanol–water partition coefficient (Wildman–Crippen LogP) is 0.0686. The van der Waals surface area contributed by atoms with Gasteiger partial charge in [0.2, 0.25) is 5.91 Å². The van der Waals surface area contributed by atoms with E-state index in [4.69, 9.17) is 0 Å². The van der Waals surface area contributed by atoms with Gasteiger partial charge >= 0.3 is 0 Å². The van der Waals surface area contributed by atoms with Gasteiger partial charge in [0.25, 0.3) is 0 Å². The van der Waals surface area contributed by atoms with Gasteiger partial charge in [-0.25, -0.2) is 0 Å². The molecule has 2 aliphatic rings. The number of nitrogens with zero attached hydrogens (tertiary/aromatic N) is 2. The summed E-state index contributed by atoms with van der Waals surface area (Å²) in [6.45, 7) is 9.89. The number of hydrogen-bond donors (Lipinski definition) is 1. The van der Waals surface area contributed by atoms with Crippen LogP contribution in [0.4, 0.5) is 0 Å². The molecule has 90 valence electrons. The molecule has 2 rings (SSSR count). The monoisotopic (exact) mass is 223 g/mol. The molecule has 4 nitrogen and oxygen atoms in total. The normalized spacial score (nSPS) is 27.0. The molecule has 0 aliphatic carbocycles. The third kappa shape index (κ3) is 2.44. The Morgan fingerprint density at radius 1 is 1.50 bits per heavy atom. The van der Waals surface area contributed by atoms with E-state index >= 15 is 0 Å². The second-order valence-electron chi connectivity index (χ2n) is 4.69. The minimum Gasteiger partial charge on any atom is -0.331 e. The molecule has 0 spiro atoms. The zero-order chi connectivity index (χ0) is 11.5. The van der Waals surface area contributed by atoms with Gasteiger partial charge in [-0.2, -0.15) is 0 Å². The van der Waals surface area contributed by atoms with Crippen LogP contribution in [0.1, 0.15) is 13.8 Å². The quantitative estimate of drug-likeness (QED) is 0.673. The lowest BCUT2D eigenvalue weighted by Gasteiger charge is -2.33. The second-order valence-corrected chi connectivity index (χ2v) is 4.69. The van der Waals surface area contributed by atoms with Gasteiger partial charge in [0, 0.05) is 46.2 Å². The van der Waals surface area contributed by atoms with Crippen molar-refractivity contribution in [2.75, 3.05) is 39.3 Å². The Bertz CT molecular complexity index is 295. The number of nitrogens with one attached hydrogen (secondary N) is 1. The van der Waals surface area contributed by atoms with Crippen molar-refractivity contribution >= 4 is 5.91 Å². The summed E-state index contributed by atoms with van der Waals surface area (Å²) in [5.41, 5.74) is 1.34. The third-order valence-corrected chi connectivity index (χ3v) is 3.56. The Labute approximate surface area is 97.3 Å². The van der Waals surface area contributed by atoms with E-state index in [0.29, 0.717) is 6.04 Å². The van der Waals surface area contributed by atoms with Crippen LogP contribution >= 0.6 is 0 Å². The van der Waals surface area contributed by atoms with Gasteiger partial charge in [-0.05, 0) is 6.92 Å². The Morgan fingerprint density at radius 3 is 2.81 bits per heavy atom. The molecule has 0 aromatic carbocycles. The maximum atomic E-state index is 11.5. The standard InChI is InChI=1S/C12H21N3O/c1-10-3-6-15(11(2)16)12(10)9-14-7-4-13-5-8-14/h3,12-13H,4-9H2,1-2H3. The van der Waals surface area contributed by atoms with Crippen LogP contribution < -0.4 is 5.32 Å². The highest BCUT2D eigenvalue weighted by Gasteiger charge is 2.28. The molecule has 0 saturated carbocycles. The van der Waals surface area contributed by atoms with Crippen LogP contribution in [-0.2, 0) is 4.79 Å². The van der Waals surface area contributed by atoms with E-state index in [0.717, 1.165) is 39.3 Å². The average molecular weight is 223 g/mol. The summed E-state index contributed by atoms with van der Waals surface area (Å²) in [6.07, 6.45) is 2.17. The highest BCUT2D eigenvalue weighted by atomic mass is 16.2. The molecule has 1 N–H and O–H groups in total. The molecule has 1 amide bonds. The van der Waals surface area contributed by atoms with Crippen molar-refractivity contribution in [3.8, 4) is 0 Å². The molecule has 0 radical (unpaired) electrons. The maximum Gasteiger partial charge on any atom is 0.220 e. The minimum absolute atomic E-state index is 0.188. The molecule has 16 heavy (non-hydrogen) atoms. The molecule has 2 aliphatic heterocycles. The van der Waals surface area contributed by atoms with E-state index in [1.54, 1.807) is 6.92 Å². The Kier molecular flexibility index (Phi) is 3.61. The molecule has 0 bridgehead atoms. The molecule has 0 aromatic heterocycles. The van der Waals surface area contributed by atoms with Gasteiger partial charge in [-0.3, -0.25) is 9.69 Å². The molecule has 0 aromatic rings. The Balaban J connectivity index is 1.95. The van der Waals surface area contributed by atoms with Crippen molar-refractivity contribution in [2.24, 2.45) is 0 Å². The highest BCUT2D eigenvalue weighted by Crippen LogP contribution is 2.19. The molecule has 2 heterocycles. The summed E-state index contributed by atoms with van der Waals surface area (Å²) < 4.78 is 0. The van der Waals surface area contributed by atoms with Crippen LogP contribution in [0.5, 0.6) is 0 Å². The van der Waals surface area contributed by atoms with Gasteiger partial charge in [-0.15, -0.1) is 0 Å². The molecule has 1 unspecified atom stereocenters. The molecule has 4 heteroatoms. The van der Waals surface area contributed by atoms with Gasteiger partial charge in [0.15, 0.2) is 0 Å². The van der Waals surface area contributed by atoms with Crippen LogP contribution in [0.3, 0.4) is 0 Å². The minimum atomic E-state index is 0.188. The number of amides is 1. The average Bonchev–Trinajstić information content (AvgIpc) is 2.62. The smallest absolute Gasteiger partial charge is 0.220 e. The largest absolute Gasteiger partial charge is 0.331 e. The van der Waals surface area contributed by atoms with Crippen molar-refractivity contribution in [3.05, 3.63) is 11.6 Å². The first-order chi connectivity index (χ1) is 7.68. The summed E-state index contributed by atoms with van der Waals surface area (Å²) in [6, 6.07) is 0.301. The summed E-state index contributed by atoms with van der Waals surface area (Å²) >= 11 is 0. The lowest BCUT2D eigenvalue weighted by molar-refractivity contribution is -0.129. The first-order valence-electron chi connectivity index (χ1n) is 6.05. The molecular weight excluding hydrogens is 202 g/mol. The summed E-state index contributed by atoms with van der Waals surface area (Å²) in [4.78, 5) is 15.9. The topological polar surface area (TPSA) is 35.6 Å². The van der Waals surface area contributed by atoms with E-state index in [1.165, 1.54) is 5.57 Å². The first kappa shape index (κ1) is 11.6. The Hall–Kier alpha value is -0.870. The Morgan fingerprint density at radius 2 is 2.19 bits per heavy atom. The number of carbonyl (C=O) groups excluding carboxylic acids is 1. The fourth-order valence-electron chi connectivity index (χ4n) is 2.48. The van der Waals surface area contributed by atoms with Crippen LogP contribution in [-0.4, -0.2) is 61.0 Å². The van der Waals surface area contributed by atoms with Crippen molar-refractivity contribution in [2.45, 2.75) is 19.9 Å². The third-order valence-electron chi connectivity index (χ3n) is 3.56. The lowest BCUT2D eigenvalue weighted by Crippen LogP contribution is -2.50. The van der Waals surface area contributed by atoms with Crippen LogP contribution in [0.15, 0.2) is 11.6 Å². The SMILES string of the molecule is CC(=O)N1CC=C(C)C1CN1CCNCC1. The molecule has 1 saturated heterocycles. The summed E-state index contributed by atoms with van der Waals surface area (Å²) in [5.74, 6) is 0.188. The fraction of sp³-hybridized carbons (Fsp3) is 0.750. The zero-order valence-electron chi connectivity index (χ0n) is 10.2. The molecular formula is C12H21N3O. The molecule has 1 atom stereocenters. The van der Waals surface area contributed by atoms with Crippen molar-refractivity contribution < 1.29 is 4.79 Å². The van der Waals surface area contributed by atoms with Crippen LogP contribution in [0.25, 0.3) is 0 Å².